The molecule has 0 saturated carbocycles. The molecule has 2 rings (SSSR count). The molecule has 1 fully saturated rings. The topological polar surface area (TPSA) is 66.0 Å². The molecule has 6 nitrogen and oxygen atoms in total. The third kappa shape index (κ3) is 4.69. The number of rotatable bonds is 7. The molecule has 0 radical (unpaired) electrons. The van der Waals surface area contributed by atoms with E-state index in [4.69, 9.17) is 18.9 Å². The van der Waals surface area contributed by atoms with Gasteiger partial charge in [0, 0.05) is 26.7 Å². The highest BCUT2D eigenvalue weighted by molar-refractivity contribution is 5.77. The van der Waals surface area contributed by atoms with Gasteiger partial charge in [-0.3, -0.25) is 4.79 Å². The zero-order valence-corrected chi connectivity index (χ0v) is 13.0. The number of para-hydroxylation sites is 1. The number of nitrogens with one attached hydrogen (secondary N) is 1. The van der Waals surface area contributed by atoms with Crippen molar-refractivity contribution in [2.24, 2.45) is 5.92 Å². The quantitative estimate of drug-likeness (QED) is 0.809. The van der Waals surface area contributed by atoms with Crippen molar-refractivity contribution in [1.29, 1.82) is 0 Å². The van der Waals surface area contributed by atoms with Gasteiger partial charge < -0.3 is 24.3 Å². The number of methoxy groups -OCH3 is 2. The van der Waals surface area contributed by atoms with Crippen LogP contribution >= 0.6 is 0 Å². The molecule has 1 aliphatic heterocycles. The predicted octanol–water partition coefficient (Wildman–Crippen LogP) is 0.858. The zero-order chi connectivity index (χ0) is 15.8. The number of carbonyl (C=O) groups is 1. The Labute approximate surface area is 130 Å². The molecule has 1 amide bonds. The van der Waals surface area contributed by atoms with E-state index < -0.39 is 0 Å². The summed E-state index contributed by atoms with van der Waals surface area (Å²) in [5.41, 5.74) is 0. The van der Waals surface area contributed by atoms with E-state index in [0.29, 0.717) is 25.5 Å². The fraction of sp³-hybridized carbons (Fsp3) is 0.562. The van der Waals surface area contributed by atoms with Gasteiger partial charge in [-0.15, -0.1) is 0 Å². The molecule has 22 heavy (non-hydrogen) atoms. The second-order valence-corrected chi connectivity index (χ2v) is 5.18. The first-order chi connectivity index (χ1) is 10.7. The van der Waals surface area contributed by atoms with E-state index in [1.807, 2.05) is 30.3 Å². The maximum atomic E-state index is 11.9. The molecule has 1 aliphatic rings. The average Bonchev–Trinajstić information content (AvgIpc) is 2.58. The fourth-order valence-corrected chi connectivity index (χ4v) is 2.51. The van der Waals surface area contributed by atoms with Gasteiger partial charge in [0.2, 0.25) is 0 Å². The highest BCUT2D eigenvalue weighted by Crippen LogP contribution is 2.19. The maximum absolute atomic E-state index is 11.9. The Kier molecular flexibility index (Phi) is 6.64. The lowest BCUT2D eigenvalue weighted by molar-refractivity contribution is -0.147. The molecule has 0 aromatic heterocycles. The maximum Gasteiger partial charge on any atom is 0.257 e. The van der Waals surface area contributed by atoms with Gasteiger partial charge in [0.05, 0.1) is 19.3 Å². The van der Waals surface area contributed by atoms with Crippen molar-refractivity contribution in [2.75, 3.05) is 40.6 Å². The minimum atomic E-state index is -0.168. The van der Waals surface area contributed by atoms with Crippen molar-refractivity contribution in [3.63, 3.8) is 0 Å². The van der Waals surface area contributed by atoms with Crippen LogP contribution in [0.15, 0.2) is 30.3 Å². The van der Waals surface area contributed by atoms with Gasteiger partial charge in [-0.25, -0.2) is 0 Å². The van der Waals surface area contributed by atoms with Gasteiger partial charge in [-0.1, -0.05) is 18.2 Å². The summed E-state index contributed by atoms with van der Waals surface area (Å²) >= 11 is 0. The first kappa shape index (κ1) is 16.7. The van der Waals surface area contributed by atoms with Crippen LogP contribution in [0.25, 0.3) is 0 Å². The number of hydrogen-bond donors (Lipinski definition) is 1. The summed E-state index contributed by atoms with van der Waals surface area (Å²) in [5.74, 6) is 0.565. The second-order valence-electron chi connectivity index (χ2n) is 5.18. The fourth-order valence-electron chi connectivity index (χ4n) is 2.51. The van der Waals surface area contributed by atoms with E-state index in [0.717, 1.165) is 0 Å². The zero-order valence-electron chi connectivity index (χ0n) is 13.0. The highest BCUT2D eigenvalue weighted by atomic mass is 16.6. The van der Waals surface area contributed by atoms with Crippen LogP contribution in [0.2, 0.25) is 0 Å². The second kappa shape index (κ2) is 8.73. The van der Waals surface area contributed by atoms with E-state index in [1.165, 1.54) is 0 Å². The summed E-state index contributed by atoms with van der Waals surface area (Å²) in [6.45, 7) is 1.51. The van der Waals surface area contributed by atoms with E-state index in [2.05, 4.69) is 5.32 Å². The smallest absolute Gasteiger partial charge is 0.257 e. The normalized spacial score (nSPS) is 24.7. The van der Waals surface area contributed by atoms with Crippen LogP contribution in [0.4, 0.5) is 0 Å². The van der Waals surface area contributed by atoms with E-state index in [1.54, 1.807) is 14.2 Å². The molecule has 1 heterocycles. The molecule has 3 atom stereocenters. The molecule has 1 aromatic rings. The Bertz CT molecular complexity index is 453. The standard InChI is InChI=1S/C16H23NO5/c1-19-14-10-21-9-12(16(14)20-2)8-17-15(18)11-22-13-6-4-3-5-7-13/h3-7,12,14,16H,8-11H2,1-2H3,(H,17,18)/t12-,14-,16+/m1/s1. The summed E-state index contributed by atoms with van der Waals surface area (Å²) in [4.78, 5) is 11.9. The van der Waals surface area contributed by atoms with Crippen LogP contribution in [0.5, 0.6) is 5.75 Å². The van der Waals surface area contributed by atoms with Crippen molar-refractivity contribution >= 4 is 5.91 Å². The molecule has 1 aromatic carbocycles. The van der Waals surface area contributed by atoms with E-state index in [-0.39, 0.29) is 30.6 Å². The Balaban J connectivity index is 1.75. The third-order valence-electron chi connectivity index (χ3n) is 3.69. The van der Waals surface area contributed by atoms with Gasteiger partial charge >= 0.3 is 0 Å². The largest absolute Gasteiger partial charge is 0.484 e. The van der Waals surface area contributed by atoms with Crippen molar-refractivity contribution in [2.45, 2.75) is 12.2 Å². The van der Waals surface area contributed by atoms with Gasteiger partial charge in [-0.2, -0.15) is 0 Å². The van der Waals surface area contributed by atoms with Gasteiger partial charge in [0.25, 0.3) is 5.91 Å². The summed E-state index contributed by atoms with van der Waals surface area (Å²) in [5, 5.41) is 2.85. The molecular formula is C16H23NO5. The number of carbonyl (C=O) groups excluding carboxylic acids is 1. The molecule has 122 valence electrons. The molecule has 0 spiro atoms. The summed E-state index contributed by atoms with van der Waals surface area (Å²) in [6.07, 6.45) is -0.199. The lowest BCUT2D eigenvalue weighted by Crippen LogP contribution is -2.50. The van der Waals surface area contributed by atoms with Crippen LogP contribution in [-0.4, -0.2) is 58.7 Å². The van der Waals surface area contributed by atoms with Crippen LogP contribution < -0.4 is 10.1 Å². The number of benzene rings is 1. The molecule has 0 unspecified atom stereocenters. The molecule has 1 saturated heterocycles. The molecule has 0 bridgehead atoms. The minimum absolute atomic E-state index is 0.0110. The summed E-state index contributed by atoms with van der Waals surface area (Å²) in [6, 6.07) is 9.24. The first-order valence-electron chi connectivity index (χ1n) is 7.32. The SMILES string of the molecule is CO[C@H]1[C@H](CNC(=O)COc2ccccc2)COC[C@H]1OC. The Morgan fingerprint density at radius 1 is 1.23 bits per heavy atom. The summed E-state index contributed by atoms with van der Waals surface area (Å²) < 4.78 is 21.7. The lowest BCUT2D eigenvalue weighted by atomic mass is 9.96. The minimum Gasteiger partial charge on any atom is -0.484 e. The van der Waals surface area contributed by atoms with Crippen molar-refractivity contribution in [3.8, 4) is 5.75 Å². The van der Waals surface area contributed by atoms with Gasteiger partial charge in [-0.05, 0) is 12.1 Å². The lowest BCUT2D eigenvalue weighted by Gasteiger charge is -2.36. The van der Waals surface area contributed by atoms with Crippen LogP contribution in [0, 0.1) is 5.92 Å². The molecule has 1 N–H and O–H groups in total. The summed E-state index contributed by atoms with van der Waals surface area (Å²) in [7, 11) is 3.28. The monoisotopic (exact) mass is 309 g/mol. The molecule has 6 heteroatoms. The Morgan fingerprint density at radius 2 is 2.00 bits per heavy atom. The first-order valence-corrected chi connectivity index (χ1v) is 7.32. The van der Waals surface area contributed by atoms with Gasteiger partial charge in [0.1, 0.15) is 11.9 Å². The highest BCUT2D eigenvalue weighted by Gasteiger charge is 2.34. The van der Waals surface area contributed by atoms with Crippen molar-refractivity contribution in [1.82, 2.24) is 5.32 Å². The Hall–Kier alpha value is -1.63. The average molecular weight is 309 g/mol. The van der Waals surface area contributed by atoms with Crippen molar-refractivity contribution in [3.05, 3.63) is 30.3 Å². The van der Waals surface area contributed by atoms with E-state index >= 15 is 0 Å². The molecular weight excluding hydrogens is 286 g/mol. The number of hydrogen-bond acceptors (Lipinski definition) is 5. The Morgan fingerprint density at radius 3 is 2.68 bits per heavy atom. The predicted molar refractivity (Wildman–Crippen MR) is 80.8 cm³/mol. The van der Waals surface area contributed by atoms with E-state index in [9.17, 15) is 4.79 Å². The van der Waals surface area contributed by atoms with Crippen LogP contribution in [0.3, 0.4) is 0 Å². The molecule has 0 aliphatic carbocycles. The third-order valence-corrected chi connectivity index (χ3v) is 3.69. The van der Waals surface area contributed by atoms with Crippen LogP contribution in [-0.2, 0) is 19.0 Å². The number of ether oxygens (including phenoxy) is 4. The number of amides is 1. The van der Waals surface area contributed by atoms with Crippen LogP contribution in [0.1, 0.15) is 0 Å². The van der Waals surface area contributed by atoms with Gasteiger partial charge in [0.15, 0.2) is 6.61 Å². The van der Waals surface area contributed by atoms with Crippen molar-refractivity contribution < 1.29 is 23.7 Å².